The number of carboxylic acid groups (broad SMARTS) is 1. The van der Waals surface area contributed by atoms with Crippen LogP contribution in [0.4, 0.5) is 0 Å². The Kier molecular flexibility index (Phi) is 27.1. The molecule has 1 aliphatic heterocycles. The fourth-order valence-corrected chi connectivity index (χ4v) is 11.8. The molecule has 0 aromatic heterocycles. The first-order valence-corrected chi connectivity index (χ1v) is 31.3. The molecule has 87 heavy (non-hydrogen) atoms. The second-order valence-corrected chi connectivity index (χ2v) is 27.9. The highest BCUT2D eigenvalue weighted by Gasteiger charge is 2.42. The fraction of sp³-hybridized carbons (Fsp3) is 0.644. The molecule has 26 nitrogen and oxygen atoms in total. The molecule has 1 unspecified atom stereocenters. The third kappa shape index (κ3) is 24.5. The zero-order valence-electron chi connectivity index (χ0n) is 53.3. The summed E-state index contributed by atoms with van der Waals surface area (Å²) in [6, 6.07) is -0.987. The molecule has 6 amide bonds. The van der Waals surface area contributed by atoms with Crippen molar-refractivity contribution in [1.29, 1.82) is 5.41 Å². The van der Waals surface area contributed by atoms with Gasteiger partial charge in [0.1, 0.15) is 48.2 Å². The van der Waals surface area contributed by atoms with E-state index in [1.54, 1.807) is 106 Å². The van der Waals surface area contributed by atoms with Gasteiger partial charge in [-0.3, -0.25) is 39.0 Å². The fourth-order valence-electron chi connectivity index (χ4n) is 9.58. The number of carbonyl (C=O) groups excluding carboxylic acids is 7. The van der Waals surface area contributed by atoms with E-state index >= 15 is 0 Å². The number of ether oxygens (including phenoxy) is 5. The van der Waals surface area contributed by atoms with Gasteiger partial charge in [0.25, 0.3) is 10.0 Å². The molecule has 13 N–H and O–H groups in total. The Hall–Kier alpha value is -6.59. The summed E-state index contributed by atoms with van der Waals surface area (Å²) in [6.45, 7) is 28.3. The minimum atomic E-state index is -4.38. The summed E-state index contributed by atoms with van der Waals surface area (Å²) in [4.78, 5) is 109. The van der Waals surface area contributed by atoms with Crippen LogP contribution in [0.2, 0.25) is 0 Å². The third-order valence-corrected chi connectivity index (χ3v) is 16.0. The number of fused-ring (bicyclic) bond motifs is 1. The van der Waals surface area contributed by atoms with E-state index in [9.17, 15) is 51.9 Å². The number of primary amides is 1. The van der Waals surface area contributed by atoms with Gasteiger partial charge in [-0.2, -0.15) is 0 Å². The molecule has 488 valence electrons. The number of esters is 1. The summed E-state index contributed by atoms with van der Waals surface area (Å²) in [6.07, 6.45) is -4.18. The van der Waals surface area contributed by atoms with Crippen LogP contribution in [-0.2, 0) is 80.4 Å². The number of benzene rings is 2. The molecule has 9 atom stereocenters. The highest BCUT2D eigenvalue weighted by Crippen LogP contribution is 2.44. The van der Waals surface area contributed by atoms with Crippen molar-refractivity contribution in [1.82, 2.24) is 36.6 Å². The summed E-state index contributed by atoms with van der Waals surface area (Å²) in [7, 11) is -4.38. The lowest BCUT2D eigenvalue weighted by Crippen LogP contribution is -2.65. The number of hydrogen-bond donors (Lipinski definition) is 11. The largest absolute Gasteiger partial charge is 0.487 e. The van der Waals surface area contributed by atoms with E-state index in [1.165, 1.54) is 20.8 Å². The van der Waals surface area contributed by atoms with E-state index in [0.717, 1.165) is 22.9 Å². The molecule has 0 radical (unpaired) electrons. The number of aliphatic carboxylic acids is 1. The Bertz CT molecular complexity index is 2910. The average molecular weight is 1260 g/mol. The number of nitrogens with two attached hydrogens (primary N) is 2. The first-order chi connectivity index (χ1) is 39.9. The van der Waals surface area contributed by atoms with Crippen LogP contribution in [-0.4, -0.2) is 162 Å². The van der Waals surface area contributed by atoms with Gasteiger partial charge in [0, 0.05) is 29.8 Å². The van der Waals surface area contributed by atoms with Crippen LogP contribution < -0.4 is 52.8 Å². The molecule has 2 aromatic rings. The van der Waals surface area contributed by atoms with Crippen molar-refractivity contribution >= 4 is 75.1 Å². The standard InChI is InChI=1S/C59H94N10O16S2/c1-31-32(2)48(33(3)47-38(31)27-59(16,17)85-47)87(79,80)69-55(62)63-25-21-24-40(50(74)65-41(26-43(71)72)54(78)81-28-37-22-19-18-20-23-37)64-51(75)44(34(4)82-56(7,8)9)67-53(77)46(36(6)84-58(13,14)15)68-52(76)45(35(5)83-57(10,11)12)66-49(73)39(60)29-86-30-42(61)70/h18-20,22-23,34-36,39-41,44-46H,21,24-30,60H2,1-17H3,(H2,61,70)(H,64,75)(H,65,74)(H,66,73)(H,67,77)(H,68,76)(H,71,72)(H3,62,63,69)/t34-,35-,36-,39+,40+,41+,44+,45+,46?/m1/s1. The normalized spacial score (nSPS) is 16.3. The van der Waals surface area contributed by atoms with E-state index in [1.807, 2.05) is 20.8 Å². The van der Waals surface area contributed by atoms with Crippen LogP contribution in [0.3, 0.4) is 0 Å². The van der Waals surface area contributed by atoms with Crippen LogP contribution in [0.5, 0.6) is 5.75 Å². The van der Waals surface area contributed by atoms with Crippen LogP contribution in [0.15, 0.2) is 35.2 Å². The second kappa shape index (κ2) is 31.5. The van der Waals surface area contributed by atoms with Crippen molar-refractivity contribution in [2.75, 3.05) is 18.1 Å². The maximum atomic E-state index is 14.9. The van der Waals surface area contributed by atoms with Gasteiger partial charge in [0.15, 0.2) is 0 Å². The first-order valence-electron chi connectivity index (χ1n) is 28.7. The van der Waals surface area contributed by atoms with Crippen molar-refractivity contribution in [3.8, 4) is 5.75 Å². The Labute approximate surface area is 515 Å². The number of sulfonamides is 1. The number of thioether (sulfide) groups is 1. The summed E-state index contributed by atoms with van der Waals surface area (Å²) >= 11 is 1.01. The van der Waals surface area contributed by atoms with Crippen molar-refractivity contribution in [3.05, 3.63) is 58.1 Å². The Morgan fingerprint density at radius 3 is 1.66 bits per heavy atom. The molecular weight excluding hydrogens is 1170 g/mol. The van der Waals surface area contributed by atoms with Crippen LogP contribution in [0.1, 0.15) is 144 Å². The molecule has 1 heterocycles. The van der Waals surface area contributed by atoms with Gasteiger partial charge in [-0.15, -0.1) is 11.8 Å². The highest BCUT2D eigenvalue weighted by molar-refractivity contribution is 8.00. The van der Waals surface area contributed by atoms with E-state index in [0.29, 0.717) is 28.9 Å². The molecule has 28 heteroatoms. The summed E-state index contributed by atoms with van der Waals surface area (Å²) in [5.41, 5.74) is 11.2. The summed E-state index contributed by atoms with van der Waals surface area (Å²) in [5.74, 6) is -8.36. The zero-order chi connectivity index (χ0) is 66.3. The van der Waals surface area contributed by atoms with Gasteiger partial charge in [-0.05, 0) is 147 Å². The summed E-state index contributed by atoms with van der Waals surface area (Å²) in [5, 5.41) is 34.2. The molecule has 3 rings (SSSR count). The Balaban J connectivity index is 2.06. The molecule has 0 aliphatic carbocycles. The molecule has 0 saturated carbocycles. The van der Waals surface area contributed by atoms with Crippen LogP contribution in [0, 0.1) is 26.2 Å². The maximum absolute atomic E-state index is 14.9. The second-order valence-electron chi connectivity index (χ2n) is 25.3. The lowest BCUT2D eigenvalue weighted by Gasteiger charge is -2.36. The number of rotatable bonds is 31. The van der Waals surface area contributed by atoms with Crippen molar-refractivity contribution < 1.29 is 75.6 Å². The lowest BCUT2D eigenvalue weighted by molar-refractivity contribution is -0.153. The number of carbonyl (C=O) groups is 8. The highest BCUT2D eigenvalue weighted by atomic mass is 32.2. The number of amides is 6. The minimum absolute atomic E-state index is 0.0407. The van der Waals surface area contributed by atoms with Crippen molar-refractivity contribution in [2.45, 2.75) is 232 Å². The van der Waals surface area contributed by atoms with Gasteiger partial charge in [-0.25, -0.2) is 17.9 Å². The van der Waals surface area contributed by atoms with E-state index in [4.69, 9.17) is 40.6 Å². The SMILES string of the molecule is Cc1c(C)c(S(=O)(=O)NC(=N)NCCC[C@H](NC(=O)[C@@H](NC(=O)C(NC(=O)[C@@H](NC(=O)[C@@H](N)CSCC(N)=O)[C@@H](C)OC(C)(C)C)[C@@H](C)OC(C)(C)C)[C@@H](C)OC(C)(C)C)C(=O)N[C@@H](CC(=O)O)C(=O)OCc2ccccc2)c(C)c2c1CC(C)(C)O2. The van der Waals surface area contributed by atoms with Gasteiger partial charge in [0.05, 0.1) is 58.2 Å². The topological polar surface area (TPSA) is 397 Å². The Morgan fingerprint density at radius 2 is 1.18 bits per heavy atom. The molecule has 0 spiro atoms. The number of hydrogen-bond acceptors (Lipinski definition) is 18. The molecular formula is C59H94N10O16S2. The first kappa shape index (κ1) is 74.7. The van der Waals surface area contributed by atoms with Gasteiger partial charge >= 0.3 is 11.9 Å². The third-order valence-electron chi connectivity index (χ3n) is 13.3. The van der Waals surface area contributed by atoms with Crippen molar-refractivity contribution in [3.63, 3.8) is 0 Å². The number of carboxylic acids is 1. The predicted molar refractivity (Wildman–Crippen MR) is 328 cm³/mol. The molecule has 0 fully saturated rings. The quantitative estimate of drug-likeness (QED) is 0.0224. The molecule has 1 aliphatic rings. The summed E-state index contributed by atoms with van der Waals surface area (Å²) < 4.78 is 60.3. The van der Waals surface area contributed by atoms with Crippen LogP contribution in [0.25, 0.3) is 0 Å². The van der Waals surface area contributed by atoms with E-state index in [-0.39, 0.29) is 42.4 Å². The molecule has 0 saturated heterocycles. The van der Waals surface area contributed by atoms with Gasteiger partial charge < -0.3 is 72.2 Å². The van der Waals surface area contributed by atoms with Crippen molar-refractivity contribution in [2.24, 2.45) is 11.5 Å². The average Bonchev–Trinajstić information content (AvgIpc) is 1.70. The maximum Gasteiger partial charge on any atom is 0.329 e. The smallest absolute Gasteiger partial charge is 0.329 e. The van der Waals surface area contributed by atoms with E-state index in [2.05, 4.69) is 36.6 Å². The molecule has 0 bridgehead atoms. The van der Waals surface area contributed by atoms with E-state index < -0.39 is 147 Å². The predicted octanol–water partition coefficient (Wildman–Crippen LogP) is 2.71. The number of guanidine groups is 1. The Morgan fingerprint density at radius 1 is 0.713 bits per heavy atom. The monoisotopic (exact) mass is 1260 g/mol. The lowest BCUT2D eigenvalue weighted by atomic mass is 9.93. The number of nitrogens with one attached hydrogen (secondary N) is 8. The zero-order valence-corrected chi connectivity index (χ0v) is 54.9. The minimum Gasteiger partial charge on any atom is -0.487 e. The van der Waals surface area contributed by atoms with Gasteiger partial charge in [0.2, 0.25) is 41.4 Å². The van der Waals surface area contributed by atoms with Crippen LogP contribution >= 0.6 is 11.8 Å². The molecule has 2 aromatic carbocycles. The van der Waals surface area contributed by atoms with Gasteiger partial charge in [-0.1, -0.05) is 30.3 Å².